The maximum Gasteiger partial charge on any atom is 0.175 e. The molecular weight excluding hydrogens is 302 g/mol. The summed E-state index contributed by atoms with van der Waals surface area (Å²) in [6, 6.07) is 1.83. The lowest BCUT2D eigenvalue weighted by Crippen LogP contribution is -2.38. The Balaban J connectivity index is 1.44. The number of allylic oxidation sites excluding steroid dienone is 1. The van der Waals surface area contributed by atoms with Gasteiger partial charge in [0.1, 0.15) is 5.76 Å². The van der Waals surface area contributed by atoms with Crippen LogP contribution in [-0.2, 0) is 4.74 Å². The lowest BCUT2D eigenvalue weighted by molar-refractivity contribution is 0.118. The van der Waals surface area contributed by atoms with E-state index in [0.29, 0.717) is 5.82 Å². The van der Waals surface area contributed by atoms with Crippen molar-refractivity contribution < 1.29 is 9.26 Å². The highest BCUT2D eigenvalue weighted by atomic mass is 32.2. The summed E-state index contributed by atoms with van der Waals surface area (Å²) in [5.74, 6) is 1.45. The summed E-state index contributed by atoms with van der Waals surface area (Å²) < 4.78 is 10.5. The van der Waals surface area contributed by atoms with Gasteiger partial charge in [0.05, 0.1) is 12.6 Å². The number of hydrogen-bond acceptors (Lipinski definition) is 7. The van der Waals surface area contributed by atoms with Crippen molar-refractivity contribution in [1.29, 1.82) is 0 Å². The second-order valence-corrected chi connectivity index (χ2v) is 6.18. The van der Waals surface area contributed by atoms with Crippen LogP contribution < -0.4 is 10.6 Å². The summed E-state index contributed by atoms with van der Waals surface area (Å²) in [5.41, 5.74) is 0.882. The van der Waals surface area contributed by atoms with E-state index in [1.54, 1.807) is 6.20 Å². The Labute approximate surface area is 133 Å². The first-order chi connectivity index (χ1) is 10.7. The number of ether oxygens (including phenoxy) is 1. The van der Waals surface area contributed by atoms with Gasteiger partial charge in [0.2, 0.25) is 0 Å². The van der Waals surface area contributed by atoms with Gasteiger partial charge in [0.15, 0.2) is 16.2 Å². The molecule has 3 rings (SSSR count). The topological polar surface area (TPSA) is 84.0 Å². The predicted octanol–water partition coefficient (Wildman–Crippen LogP) is 2.48. The van der Waals surface area contributed by atoms with Crippen LogP contribution in [0.2, 0.25) is 0 Å². The average Bonchev–Trinajstić information content (AvgIpc) is 3.08. The van der Waals surface area contributed by atoms with Crippen LogP contribution in [0.1, 0.15) is 25.5 Å². The van der Waals surface area contributed by atoms with Gasteiger partial charge in [0, 0.05) is 24.6 Å². The Kier molecular flexibility index (Phi) is 4.79. The molecule has 2 fully saturated rings. The van der Waals surface area contributed by atoms with Gasteiger partial charge in [-0.1, -0.05) is 5.16 Å². The van der Waals surface area contributed by atoms with Crippen molar-refractivity contribution in [3.8, 4) is 0 Å². The zero-order chi connectivity index (χ0) is 15.4. The first-order valence-corrected chi connectivity index (χ1v) is 8.06. The number of nitrogens with zero attached hydrogens (tertiary/aromatic N) is 3. The summed E-state index contributed by atoms with van der Waals surface area (Å²) in [5, 5.41) is 11.8. The Morgan fingerprint density at radius 2 is 2.45 bits per heavy atom. The molecule has 22 heavy (non-hydrogen) atoms. The smallest absolute Gasteiger partial charge is 0.175 e. The van der Waals surface area contributed by atoms with Gasteiger partial charge in [-0.25, -0.2) is 4.99 Å². The Morgan fingerprint density at radius 1 is 1.59 bits per heavy atom. The van der Waals surface area contributed by atoms with Crippen molar-refractivity contribution in [3.05, 3.63) is 23.7 Å². The summed E-state index contributed by atoms with van der Waals surface area (Å²) in [6.45, 7) is 5.36. The second kappa shape index (κ2) is 6.97. The number of aromatic nitrogens is 1. The van der Waals surface area contributed by atoms with E-state index in [1.165, 1.54) is 11.8 Å². The van der Waals surface area contributed by atoms with Gasteiger partial charge in [-0.15, -0.1) is 0 Å². The van der Waals surface area contributed by atoms with E-state index < -0.39 is 0 Å². The molecule has 3 heterocycles. The van der Waals surface area contributed by atoms with E-state index >= 15 is 0 Å². The number of rotatable bonds is 5. The molecule has 1 atom stereocenters. The lowest BCUT2D eigenvalue weighted by Gasteiger charge is -2.20. The molecule has 0 spiro atoms. The zero-order valence-corrected chi connectivity index (χ0v) is 13.4. The van der Waals surface area contributed by atoms with E-state index in [2.05, 4.69) is 25.8 Å². The van der Waals surface area contributed by atoms with Crippen LogP contribution >= 0.6 is 11.8 Å². The standard InChI is InChI=1S/C14H19N5O2S/c1-9(17-12-6-10(2)21-19-12)7-15-13-18-14(22-13)16-8-11-4-3-5-20-11/h6-7,11H,3-5,8H2,1-2H3,(H,17,19)(H,15,16,18)/b9-7-. The van der Waals surface area contributed by atoms with Gasteiger partial charge >= 0.3 is 0 Å². The van der Waals surface area contributed by atoms with E-state index in [1.807, 2.05) is 19.9 Å². The largest absolute Gasteiger partial charge is 0.376 e. The first kappa shape index (κ1) is 15.1. The summed E-state index contributed by atoms with van der Waals surface area (Å²) >= 11 is 1.54. The zero-order valence-electron chi connectivity index (χ0n) is 12.6. The molecule has 0 bridgehead atoms. The number of amidine groups is 2. The summed E-state index contributed by atoms with van der Waals surface area (Å²) in [4.78, 5) is 8.80. The third-order valence-corrected chi connectivity index (χ3v) is 4.02. The van der Waals surface area contributed by atoms with Crippen LogP contribution in [0.3, 0.4) is 0 Å². The first-order valence-electron chi connectivity index (χ1n) is 7.25. The molecule has 2 aliphatic rings. The van der Waals surface area contributed by atoms with E-state index in [9.17, 15) is 0 Å². The van der Waals surface area contributed by atoms with Gasteiger partial charge in [-0.2, -0.15) is 0 Å². The molecule has 0 amide bonds. The van der Waals surface area contributed by atoms with Crippen molar-refractivity contribution in [3.63, 3.8) is 0 Å². The molecule has 118 valence electrons. The molecular formula is C14H19N5O2S. The van der Waals surface area contributed by atoms with Crippen molar-refractivity contribution in [2.45, 2.75) is 32.8 Å². The van der Waals surface area contributed by atoms with E-state index in [-0.39, 0.29) is 6.10 Å². The van der Waals surface area contributed by atoms with Crippen LogP contribution in [0.25, 0.3) is 0 Å². The predicted molar refractivity (Wildman–Crippen MR) is 88.1 cm³/mol. The van der Waals surface area contributed by atoms with Crippen LogP contribution in [0, 0.1) is 6.92 Å². The molecule has 2 saturated heterocycles. The highest BCUT2D eigenvalue weighted by Gasteiger charge is 2.21. The van der Waals surface area contributed by atoms with Crippen LogP contribution in [-0.4, -0.2) is 34.7 Å². The third kappa shape index (κ3) is 4.11. The van der Waals surface area contributed by atoms with Crippen LogP contribution in [0.15, 0.2) is 32.5 Å². The second-order valence-electron chi connectivity index (χ2n) is 5.20. The molecule has 2 N–H and O–H groups in total. The number of aliphatic imine (C=N–C) groups is 2. The summed E-state index contributed by atoms with van der Waals surface area (Å²) in [6.07, 6.45) is 4.28. The number of aryl methyl sites for hydroxylation is 1. The number of nitrogens with one attached hydrogen (secondary N) is 2. The fraction of sp³-hybridized carbons (Fsp3) is 0.500. The molecule has 8 heteroatoms. The van der Waals surface area contributed by atoms with E-state index in [4.69, 9.17) is 9.26 Å². The fourth-order valence-electron chi connectivity index (χ4n) is 2.11. The molecule has 0 saturated carbocycles. The molecule has 0 radical (unpaired) electrons. The molecule has 0 aromatic carbocycles. The number of thioether (sulfide) groups is 1. The minimum Gasteiger partial charge on any atom is -0.376 e. The third-order valence-electron chi connectivity index (χ3n) is 3.20. The number of hydrogen-bond donors (Lipinski definition) is 2. The van der Waals surface area contributed by atoms with Gasteiger partial charge in [-0.3, -0.25) is 4.99 Å². The minimum atomic E-state index is 0.285. The van der Waals surface area contributed by atoms with Gasteiger partial charge in [0.25, 0.3) is 0 Å². The quantitative estimate of drug-likeness (QED) is 0.867. The van der Waals surface area contributed by atoms with Crippen molar-refractivity contribution in [2.75, 3.05) is 18.5 Å². The Morgan fingerprint density at radius 3 is 3.14 bits per heavy atom. The van der Waals surface area contributed by atoms with Crippen LogP contribution in [0.4, 0.5) is 5.82 Å². The highest BCUT2D eigenvalue weighted by molar-refractivity contribution is 8.29. The average molecular weight is 321 g/mol. The Bertz CT molecular complexity index is 607. The van der Waals surface area contributed by atoms with Gasteiger partial charge < -0.3 is 19.9 Å². The molecule has 1 aromatic rings. The van der Waals surface area contributed by atoms with Gasteiger partial charge in [-0.05, 0) is 38.5 Å². The van der Waals surface area contributed by atoms with Crippen molar-refractivity contribution in [2.24, 2.45) is 9.98 Å². The SMILES string of the molecule is C/C(=C/N=C1NC(=NCC2CCCO2)S1)Nc1cc(C)on1. The lowest BCUT2D eigenvalue weighted by atomic mass is 10.2. The maximum absolute atomic E-state index is 5.53. The van der Waals surface area contributed by atoms with Crippen molar-refractivity contribution >= 4 is 27.9 Å². The molecule has 0 aliphatic carbocycles. The molecule has 2 aliphatic heterocycles. The summed E-state index contributed by atoms with van der Waals surface area (Å²) in [7, 11) is 0. The number of anilines is 1. The molecule has 7 nitrogen and oxygen atoms in total. The fourth-order valence-corrected chi connectivity index (χ4v) is 2.68. The molecule has 1 aromatic heterocycles. The highest BCUT2D eigenvalue weighted by Crippen LogP contribution is 2.18. The monoisotopic (exact) mass is 321 g/mol. The molecule has 1 unspecified atom stereocenters. The Hall–Kier alpha value is -1.80. The maximum atomic E-state index is 5.53. The normalized spacial score (nSPS) is 25.4. The van der Waals surface area contributed by atoms with Crippen LogP contribution in [0.5, 0.6) is 0 Å². The minimum absolute atomic E-state index is 0.285. The van der Waals surface area contributed by atoms with E-state index in [0.717, 1.165) is 47.8 Å². The van der Waals surface area contributed by atoms with Crippen molar-refractivity contribution in [1.82, 2.24) is 10.5 Å².